The van der Waals surface area contributed by atoms with Crippen molar-refractivity contribution in [1.82, 2.24) is 0 Å². The number of benzene rings is 11. The molecule has 0 spiro atoms. The summed E-state index contributed by atoms with van der Waals surface area (Å²) < 4.78 is 7.29. The lowest BCUT2D eigenvalue weighted by Crippen LogP contribution is -2.02. The van der Waals surface area contributed by atoms with E-state index < -0.39 is 0 Å². The van der Waals surface area contributed by atoms with Gasteiger partial charge in [0, 0.05) is 22.1 Å². The van der Waals surface area contributed by atoms with Crippen LogP contribution in [0, 0.1) is 0 Å². The Morgan fingerprint density at radius 3 is 1.61 bits per heavy atom. The second-order valence-corrected chi connectivity index (χ2v) is 15.2. The number of rotatable bonds is 4. The molecule has 57 heavy (non-hydrogen) atoms. The van der Waals surface area contributed by atoms with Gasteiger partial charge in [-0.15, -0.1) is 0 Å². The van der Waals surface area contributed by atoms with E-state index in [0.29, 0.717) is 0 Å². The predicted molar refractivity (Wildman–Crippen MR) is 241 cm³/mol. The van der Waals surface area contributed by atoms with Crippen LogP contribution in [0.2, 0.25) is 0 Å². The maximum absolute atomic E-state index is 7.29. The first kappa shape index (κ1) is 31.8. The SMILES string of the molecule is c1ccc(-c2ccc3c(-c4ccccc4)c4c5c(cccc5c3c2)-c2cccc(-c3ccc5cc(-c6ccc7c(ccc8ccccc87)c6)ccc5c3)c2O4)cc1. The summed E-state index contributed by atoms with van der Waals surface area (Å²) in [7, 11) is 0. The van der Waals surface area contributed by atoms with Gasteiger partial charge in [-0.2, -0.15) is 0 Å². The Hall–Kier alpha value is -7.48. The van der Waals surface area contributed by atoms with Gasteiger partial charge in [-0.1, -0.05) is 182 Å². The molecule has 0 radical (unpaired) electrons. The third-order valence-electron chi connectivity index (χ3n) is 12.0. The van der Waals surface area contributed by atoms with E-state index in [1.807, 2.05) is 0 Å². The van der Waals surface area contributed by atoms with Crippen molar-refractivity contribution in [2.45, 2.75) is 0 Å². The second kappa shape index (κ2) is 12.5. The van der Waals surface area contributed by atoms with E-state index in [-0.39, 0.29) is 0 Å². The van der Waals surface area contributed by atoms with Crippen LogP contribution in [-0.4, -0.2) is 0 Å². The molecular weight excluding hydrogens is 689 g/mol. The first-order valence-corrected chi connectivity index (χ1v) is 19.7. The van der Waals surface area contributed by atoms with Gasteiger partial charge >= 0.3 is 0 Å². The second-order valence-electron chi connectivity index (χ2n) is 15.2. The number of hydrogen-bond donors (Lipinski definition) is 0. The highest BCUT2D eigenvalue weighted by Gasteiger charge is 2.28. The lowest BCUT2D eigenvalue weighted by atomic mass is 9.85. The first-order valence-electron chi connectivity index (χ1n) is 19.7. The van der Waals surface area contributed by atoms with Crippen molar-refractivity contribution in [3.05, 3.63) is 206 Å². The molecule has 0 atom stereocenters. The third kappa shape index (κ3) is 5.03. The molecule has 1 aliphatic rings. The molecule has 12 rings (SSSR count). The van der Waals surface area contributed by atoms with Gasteiger partial charge in [-0.3, -0.25) is 0 Å². The summed E-state index contributed by atoms with van der Waals surface area (Å²) >= 11 is 0. The highest BCUT2D eigenvalue weighted by Crippen LogP contribution is 2.56. The third-order valence-corrected chi connectivity index (χ3v) is 12.0. The normalized spacial score (nSPS) is 12.0. The van der Waals surface area contributed by atoms with Crippen molar-refractivity contribution in [1.29, 1.82) is 0 Å². The van der Waals surface area contributed by atoms with Gasteiger partial charge in [0.25, 0.3) is 0 Å². The molecule has 1 nitrogen and oxygen atoms in total. The highest BCUT2D eigenvalue weighted by molar-refractivity contribution is 6.23. The van der Waals surface area contributed by atoms with Crippen LogP contribution in [0.5, 0.6) is 11.5 Å². The minimum Gasteiger partial charge on any atom is -0.455 e. The monoisotopic (exact) mass is 722 g/mol. The molecule has 0 saturated carbocycles. The maximum Gasteiger partial charge on any atom is 0.144 e. The summed E-state index contributed by atoms with van der Waals surface area (Å²) in [4.78, 5) is 0. The molecule has 264 valence electrons. The fraction of sp³-hybridized carbons (Fsp3) is 0. The van der Waals surface area contributed by atoms with E-state index >= 15 is 0 Å². The largest absolute Gasteiger partial charge is 0.455 e. The molecule has 11 aromatic rings. The van der Waals surface area contributed by atoms with Crippen molar-refractivity contribution in [3.8, 4) is 67.1 Å². The number of para-hydroxylation sites is 1. The minimum absolute atomic E-state index is 0.898. The molecule has 0 aromatic heterocycles. The van der Waals surface area contributed by atoms with Crippen LogP contribution in [0.3, 0.4) is 0 Å². The molecule has 0 saturated heterocycles. The fourth-order valence-electron chi connectivity index (χ4n) is 9.26. The quantitative estimate of drug-likeness (QED) is 0.164. The van der Waals surface area contributed by atoms with Gasteiger partial charge < -0.3 is 4.74 Å². The van der Waals surface area contributed by atoms with E-state index in [1.54, 1.807) is 0 Å². The molecule has 0 fully saturated rings. The summed E-state index contributed by atoms with van der Waals surface area (Å²) in [6.45, 7) is 0. The van der Waals surface area contributed by atoms with Crippen LogP contribution in [-0.2, 0) is 0 Å². The molecular formula is C56H34O. The molecule has 1 heteroatoms. The number of ether oxygens (including phenoxy) is 1. The Morgan fingerprint density at radius 2 is 0.789 bits per heavy atom. The van der Waals surface area contributed by atoms with Gasteiger partial charge in [0.05, 0.1) is 0 Å². The topological polar surface area (TPSA) is 9.23 Å². The molecule has 11 aromatic carbocycles. The number of hydrogen-bond acceptors (Lipinski definition) is 1. The zero-order valence-electron chi connectivity index (χ0n) is 31.0. The van der Waals surface area contributed by atoms with E-state index in [0.717, 1.165) is 44.7 Å². The van der Waals surface area contributed by atoms with E-state index in [1.165, 1.54) is 76.3 Å². The minimum atomic E-state index is 0.898. The van der Waals surface area contributed by atoms with E-state index in [9.17, 15) is 0 Å². The summed E-state index contributed by atoms with van der Waals surface area (Å²) in [6, 6.07) is 75.1. The molecule has 0 bridgehead atoms. The summed E-state index contributed by atoms with van der Waals surface area (Å²) in [6.07, 6.45) is 0. The molecule has 0 unspecified atom stereocenters. The summed E-state index contributed by atoms with van der Waals surface area (Å²) in [5.74, 6) is 1.81. The average Bonchev–Trinajstić information content (AvgIpc) is 3.29. The van der Waals surface area contributed by atoms with E-state index in [4.69, 9.17) is 4.74 Å². The highest BCUT2D eigenvalue weighted by atomic mass is 16.5. The van der Waals surface area contributed by atoms with Gasteiger partial charge in [0.1, 0.15) is 11.5 Å². The predicted octanol–water partition coefficient (Wildman–Crippen LogP) is 15.9. The van der Waals surface area contributed by atoms with Gasteiger partial charge in [0.2, 0.25) is 0 Å². The standard InChI is InChI=1S/C56H34O/c1-3-11-35(12-4-1)42-28-30-50-52(34-42)49-19-10-18-48-51-20-9-17-47(55(51)57-56(54(48)49)53(50)37-14-5-2-6-15-37)44-26-24-39-31-38(22-23-40(39)33-44)41-27-29-46-43(32-41)25-21-36-13-7-8-16-45(36)46/h1-34H. The van der Waals surface area contributed by atoms with Crippen LogP contribution in [0.4, 0.5) is 0 Å². The molecule has 0 aliphatic carbocycles. The summed E-state index contributed by atoms with van der Waals surface area (Å²) in [5.41, 5.74) is 11.6. The van der Waals surface area contributed by atoms with Gasteiger partial charge in [-0.05, 0) is 112 Å². The fourth-order valence-corrected chi connectivity index (χ4v) is 9.26. The zero-order chi connectivity index (χ0) is 37.5. The van der Waals surface area contributed by atoms with Crippen LogP contribution in [0.25, 0.3) is 109 Å². The van der Waals surface area contributed by atoms with Crippen molar-refractivity contribution in [2.24, 2.45) is 0 Å². The Labute approximate surface area is 330 Å². The van der Waals surface area contributed by atoms with Crippen LogP contribution in [0.15, 0.2) is 206 Å². The lowest BCUT2D eigenvalue weighted by Gasteiger charge is -2.27. The smallest absolute Gasteiger partial charge is 0.144 e. The summed E-state index contributed by atoms with van der Waals surface area (Å²) in [5, 5.41) is 12.3. The molecule has 1 aliphatic heterocycles. The average molecular weight is 723 g/mol. The maximum atomic E-state index is 7.29. The number of fused-ring (bicyclic) bond motifs is 8. The van der Waals surface area contributed by atoms with Gasteiger partial charge in [0.15, 0.2) is 0 Å². The Kier molecular flexibility index (Phi) is 7.00. The Morgan fingerprint density at radius 1 is 0.246 bits per heavy atom. The Bertz CT molecular complexity index is 3420. The Balaban J connectivity index is 0.995. The van der Waals surface area contributed by atoms with Crippen molar-refractivity contribution in [2.75, 3.05) is 0 Å². The van der Waals surface area contributed by atoms with Crippen LogP contribution in [0.1, 0.15) is 0 Å². The van der Waals surface area contributed by atoms with Crippen LogP contribution < -0.4 is 4.74 Å². The van der Waals surface area contributed by atoms with E-state index in [2.05, 4.69) is 206 Å². The van der Waals surface area contributed by atoms with Crippen molar-refractivity contribution in [3.63, 3.8) is 0 Å². The molecule has 1 heterocycles. The molecule has 0 amide bonds. The van der Waals surface area contributed by atoms with Crippen molar-refractivity contribution >= 4 is 53.9 Å². The van der Waals surface area contributed by atoms with Gasteiger partial charge in [-0.25, -0.2) is 0 Å². The first-order chi connectivity index (χ1) is 28.2. The molecule has 0 N–H and O–H groups in total. The van der Waals surface area contributed by atoms with Crippen LogP contribution >= 0.6 is 0 Å². The zero-order valence-corrected chi connectivity index (χ0v) is 31.0. The van der Waals surface area contributed by atoms with Crippen molar-refractivity contribution < 1.29 is 4.74 Å². The lowest BCUT2D eigenvalue weighted by molar-refractivity contribution is 0.491.